The highest BCUT2D eigenvalue weighted by Gasteiger charge is 2.13. The Kier molecular flexibility index (Phi) is 6.73. The van der Waals surface area contributed by atoms with Gasteiger partial charge in [-0.15, -0.1) is 0 Å². The Morgan fingerprint density at radius 2 is 1.86 bits per heavy atom. The molecule has 0 unspecified atom stereocenters. The summed E-state index contributed by atoms with van der Waals surface area (Å²) >= 11 is 0. The molecule has 1 aromatic rings. The lowest BCUT2D eigenvalue weighted by atomic mass is 10.1. The SMILES string of the molecule is COCCCNc1cc(NC2CCCCCC2)nc(C)n1. The highest BCUT2D eigenvalue weighted by molar-refractivity contribution is 5.48. The molecule has 0 radical (unpaired) electrons. The van der Waals surface area contributed by atoms with E-state index in [0.29, 0.717) is 6.04 Å². The molecule has 0 spiro atoms. The lowest BCUT2D eigenvalue weighted by Crippen LogP contribution is -2.19. The second-order valence-corrected chi connectivity index (χ2v) is 5.79. The van der Waals surface area contributed by atoms with E-state index < -0.39 is 0 Å². The van der Waals surface area contributed by atoms with E-state index in [1.165, 1.54) is 38.5 Å². The highest BCUT2D eigenvalue weighted by Crippen LogP contribution is 2.21. The summed E-state index contributed by atoms with van der Waals surface area (Å²) in [4.78, 5) is 8.96. The largest absolute Gasteiger partial charge is 0.385 e. The Balaban J connectivity index is 1.90. The summed E-state index contributed by atoms with van der Waals surface area (Å²) in [5, 5.41) is 6.93. The minimum atomic E-state index is 0.558. The van der Waals surface area contributed by atoms with Gasteiger partial charge < -0.3 is 15.4 Å². The van der Waals surface area contributed by atoms with E-state index in [2.05, 4.69) is 20.6 Å². The molecule has 1 saturated carbocycles. The monoisotopic (exact) mass is 292 g/mol. The Morgan fingerprint density at radius 1 is 1.14 bits per heavy atom. The van der Waals surface area contributed by atoms with Crippen LogP contribution in [0.1, 0.15) is 50.8 Å². The van der Waals surface area contributed by atoms with E-state index in [4.69, 9.17) is 4.74 Å². The molecule has 0 aromatic carbocycles. The molecular weight excluding hydrogens is 264 g/mol. The number of hydrogen-bond acceptors (Lipinski definition) is 5. The fraction of sp³-hybridized carbons (Fsp3) is 0.750. The van der Waals surface area contributed by atoms with Crippen molar-refractivity contribution in [2.45, 2.75) is 57.9 Å². The second-order valence-electron chi connectivity index (χ2n) is 5.79. The molecule has 1 aliphatic rings. The Bertz CT molecular complexity index is 417. The summed E-state index contributed by atoms with van der Waals surface area (Å²) in [6.45, 7) is 3.58. The van der Waals surface area contributed by atoms with Gasteiger partial charge in [0.15, 0.2) is 0 Å². The molecule has 21 heavy (non-hydrogen) atoms. The first-order chi connectivity index (χ1) is 10.3. The Hall–Kier alpha value is -1.36. The van der Waals surface area contributed by atoms with Crippen molar-refractivity contribution < 1.29 is 4.74 Å². The van der Waals surface area contributed by atoms with E-state index in [1.54, 1.807) is 7.11 Å². The number of nitrogens with one attached hydrogen (secondary N) is 2. The molecular formula is C16H28N4O. The minimum absolute atomic E-state index is 0.558. The van der Waals surface area contributed by atoms with Gasteiger partial charge >= 0.3 is 0 Å². The predicted molar refractivity (Wildman–Crippen MR) is 86.9 cm³/mol. The van der Waals surface area contributed by atoms with Crippen molar-refractivity contribution in [3.63, 3.8) is 0 Å². The molecule has 0 amide bonds. The summed E-state index contributed by atoms with van der Waals surface area (Å²) in [5.74, 6) is 2.65. The van der Waals surface area contributed by atoms with Crippen molar-refractivity contribution in [3.8, 4) is 0 Å². The van der Waals surface area contributed by atoms with Crippen molar-refractivity contribution in [1.29, 1.82) is 0 Å². The summed E-state index contributed by atoms with van der Waals surface area (Å²) in [6, 6.07) is 2.58. The van der Waals surface area contributed by atoms with Crippen molar-refractivity contribution in [2.75, 3.05) is 30.9 Å². The maximum atomic E-state index is 5.05. The van der Waals surface area contributed by atoms with Gasteiger partial charge in [-0.25, -0.2) is 9.97 Å². The zero-order chi connectivity index (χ0) is 14.9. The number of aryl methyl sites for hydroxylation is 1. The third-order valence-corrected chi connectivity index (χ3v) is 3.88. The van der Waals surface area contributed by atoms with E-state index in [0.717, 1.165) is 37.0 Å². The molecule has 5 nitrogen and oxygen atoms in total. The highest BCUT2D eigenvalue weighted by atomic mass is 16.5. The number of ether oxygens (including phenoxy) is 1. The van der Waals surface area contributed by atoms with E-state index in [1.807, 2.05) is 13.0 Å². The average Bonchev–Trinajstić information content (AvgIpc) is 2.72. The summed E-state index contributed by atoms with van der Waals surface area (Å²) in [7, 11) is 1.73. The molecule has 0 saturated heterocycles. The molecule has 0 bridgehead atoms. The Morgan fingerprint density at radius 3 is 2.57 bits per heavy atom. The summed E-state index contributed by atoms with van der Waals surface area (Å²) in [6.07, 6.45) is 8.86. The van der Waals surface area contributed by atoms with Crippen molar-refractivity contribution in [3.05, 3.63) is 11.9 Å². The number of methoxy groups -OCH3 is 1. The number of anilines is 2. The van der Waals surface area contributed by atoms with Crippen LogP contribution in [-0.2, 0) is 4.74 Å². The average molecular weight is 292 g/mol. The molecule has 1 aromatic heterocycles. The van der Waals surface area contributed by atoms with Crippen LogP contribution >= 0.6 is 0 Å². The summed E-state index contributed by atoms with van der Waals surface area (Å²) in [5.41, 5.74) is 0. The van der Waals surface area contributed by atoms with E-state index in [9.17, 15) is 0 Å². The number of rotatable bonds is 7. The number of hydrogen-bond donors (Lipinski definition) is 2. The smallest absolute Gasteiger partial charge is 0.132 e. The standard InChI is InChI=1S/C16H28N4O/c1-13-18-15(17-10-7-11-21-2)12-16(19-13)20-14-8-5-3-4-6-9-14/h12,14H,3-11H2,1-2H3,(H2,17,18,19,20). The van der Waals surface area contributed by atoms with Crippen molar-refractivity contribution >= 4 is 11.6 Å². The third-order valence-electron chi connectivity index (χ3n) is 3.88. The maximum Gasteiger partial charge on any atom is 0.132 e. The van der Waals surface area contributed by atoms with Crippen LogP contribution in [0.5, 0.6) is 0 Å². The van der Waals surface area contributed by atoms with Gasteiger partial charge in [0.2, 0.25) is 0 Å². The zero-order valence-corrected chi connectivity index (χ0v) is 13.3. The molecule has 118 valence electrons. The lowest BCUT2D eigenvalue weighted by molar-refractivity contribution is 0.198. The van der Waals surface area contributed by atoms with Gasteiger partial charge in [-0.1, -0.05) is 25.7 Å². The quantitative estimate of drug-likeness (QED) is 0.596. The molecule has 2 N–H and O–H groups in total. The van der Waals surface area contributed by atoms with Crippen molar-refractivity contribution in [1.82, 2.24) is 9.97 Å². The van der Waals surface area contributed by atoms with Gasteiger partial charge in [0.05, 0.1) is 0 Å². The Labute approximate surface area is 127 Å². The predicted octanol–water partition coefficient (Wildman–Crippen LogP) is 3.37. The van der Waals surface area contributed by atoms with Crippen LogP contribution in [0.3, 0.4) is 0 Å². The molecule has 1 aliphatic carbocycles. The molecule has 2 rings (SSSR count). The van der Waals surface area contributed by atoms with Gasteiger partial charge in [0.25, 0.3) is 0 Å². The molecule has 0 aliphatic heterocycles. The molecule has 0 atom stereocenters. The lowest BCUT2D eigenvalue weighted by Gasteiger charge is -2.17. The van der Waals surface area contributed by atoms with Crippen LogP contribution in [0.15, 0.2) is 6.07 Å². The van der Waals surface area contributed by atoms with Crippen molar-refractivity contribution in [2.24, 2.45) is 0 Å². The van der Waals surface area contributed by atoms with Gasteiger partial charge in [-0.3, -0.25) is 0 Å². The van der Waals surface area contributed by atoms with Gasteiger partial charge in [0.1, 0.15) is 17.5 Å². The fourth-order valence-corrected chi connectivity index (χ4v) is 2.80. The van der Waals surface area contributed by atoms with Gasteiger partial charge in [0, 0.05) is 32.4 Å². The van der Waals surface area contributed by atoms with Crippen LogP contribution in [0, 0.1) is 6.92 Å². The minimum Gasteiger partial charge on any atom is -0.385 e. The first kappa shape index (κ1) is 16.0. The normalized spacial score (nSPS) is 16.5. The fourth-order valence-electron chi connectivity index (χ4n) is 2.80. The molecule has 1 fully saturated rings. The topological polar surface area (TPSA) is 59.1 Å². The first-order valence-electron chi connectivity index (χ1n) is 8.13. The zero-order valence-electron chi connectivity index (χ0n) is 13.3. The first-order valence-corrected chi connectivity index (χ1v) is 8.13. The number of aromatic nitrogens is 2. The molecule has 1 heterocycles. The third kappa shape index (κ3) is 5.87. The van der Waals surface area contributed by atoms with Gasteiger partial charge in [-0.2, -0.15) is 0 Å². The van der Waals surface area contributed by atoms with Crippen LogP contribution in [0.2, 0.25) is 0 Å². The van der Waals surface area contributed by atoms with Crippen LogP contribution < -0.4 is 10.6 Å². The molecule has 5 heteroatoms. The van der Waals surface area contributed by atoms with E-state index >= 15 is 0 Å². The number of nitrogens with zero attached hydrogens (tertiary/aromatic N) is 2. The second kappa shape index (κ2) is 8.82. The van der Waals surface area contributed by atoms with E-state index in [-0.39, 0.29) is 0 Å². The van der Waals surface area contributed by atoms with Crippen LogP contribution in [0.4, 0.5) is 11.6 Å². The van der Waals surface area contributed by atoms with Crippen LogP contribution in [0.25, 0.3) is 0 Å². The summed E-state index contributed by atoms with van der Waals surface area (Å²) < 4.78 is 5.05. The van der Waals surface area contributed by atoms with Crippen LogP contribution in [-0.4, -0.2) is 36.3 Å². The maximum absolute atomic E-state index is 5.05. The van der Waals surface area contributed by atoms with Gasteiger partial charge in [-0.05, 0) is 26.2 Å².